The number of ether oxygens (including phenoxy) is 1. The molecule has 0 bridgehead atoms. The molecule has 0 saturated carbocycles. The molecule has 0 aliphatic carbocycles. The van der Waals surface area contributed by atoms with E-state index in [1.807, 2.05) is 30.3 Å². The van der Waals surface area contributed by atoms with Crippen LogP contribution < -0.4 is 0 Å². The minimum Gasteiger partial charge on any atom is -0.386 e. The van der Waals surface area contributed by atoms with E-state index in [0.717, 1.165) is 12.0 Å². The zero-order valence-corrected chi connectivity index (χ0v) is 11.6. The van der Waals surface area contributed by atoms with Crippen molar-refractivity contribution in [1.82, 2.24) is 0 Å². The number of unbranched alkanes of at least 4 members (excludes halogenated alkanes) is 3. The first kappa shape index (κ1) is 15.2. The van der Waals surface area contributed by atoms with Crippen molar-refractivity contribution in [3.05, 3.63) is 35.9 Å². The van der Waals surface area contributed by atoms with Gasteiger partial charge in [0, 0.05) is 0 Å². The molecule has 102 valence electrons. The average Bonchev–Trinajstić information content (AvgIpc) is 2.42. The largest absolute Gasteiger partial charge is 0.386 e. The summed E-state index contributed by atoms with van der Waals surface area (Å²) in [5.74, 6) is 0. The topological polar surface area (TPSA) is 29.5 Å². The van der Waals surface area contributed by atoms with Crippen LogP contribution in [0.15, 0.2) is 30.3 Å². The van der Waals surface area contributed by atoms with Crippen molar-refractivity contribution in [2.45, 2.75) is 58.2 Å². The maximum atomic E-state index is 9.95. The molecule has 18 heavy (non-hydrogen) atoms. The van der Waals surface area contributed by atoms with Crippen LogP contribution in [0.4, 0.5) is 0 Å². The summed E-state index contributed by atoms with van der Waals surface area (Å²) in [7, 11) is 0. The van der Waals surface area contributed by atoms with Gasteiger partial charge in [0.15, 0.2) is 0 Å². The molecule has 0 radical (unpaired) electrons. The Morgan fingerprint density at radius 1 is 1.11 bits per heavy atom. The number of hydrogen-bond donors (Lipinski definition) is 1. The first-order valence-corrected chi connectivity index (χ1v) is 7.08. The molecular formula is C16H26O2. The van der Waals surface area contributed by atoms with Gasteiger partial charge in [0.1, 0.15) is 6.10 Å². The highest BCUT2D eigenvalue weighted by atomic mass is 16.5. The van der Waals surface area contributed by atoms with Gasteiger partial charge in [-0.25, -0.2) is 0 Å². The molecule has 0 aromatic heterocycles. The molecular weight excluding hydrogens is 224 g/mol. The molecule has 0 aliphatic heterocycles. The quantitative estimate of drug-likeness (QED) is 0.669. The minimum atomic E-state index is -0.510. The summed E-state index contributed by atoms with van der Waals surface area (Å²) in [5, 5.41) is 9.95. The summed E-state index contributed by atoms with van der Waals surface area (Å²) < 4.78 is 5.69. The summed E-state index contributed by atoms with van der Waals surface area (Å²) in [6.07, 6.45) is 5.88. The summed E-state index contributed by atoms with van der Waals surface area (Å²) >= 11 is 0. The third-order valence-electron chi connectivity index (χ3n) is 3.19. The number of hydrogen-bond acceptors (Lipinski definition) is 2. The third-order valence-corrected chi connectivity index (χ3v) is 3.19. The molecule has 0 saturated heterocycles. The van der Waals surface area contributed by atoms with Crippen LogP contribution in [0.5, 0.6) is 0 Å². The molecule has 0 spiro atoms. The lowest BCUT2D eigenvalue weighted by molar-refractivity contribution is -0.00651. The second-order valence-corrected chi connectivity index (χ2v) is 4.92. The Bertz CT molecular complexity index is 297. The predicted molar refractivity (Wildman–Crippen MR) is 75.6 cm³/mol. The fraction of sp³-hybridized carbons (Fsp3) is 0.625. The Kier molecular flexibility index (Phi) is 7.70. The maximum absolute atomic E-state index is 9.95. The van der Waals surface area contributed by atoms with Gasteiger partial charge in [-0.15, -0.1) is 0 Å². The summed E-state index contributed by atoms with van der Waals surface area (Å²) in [6.45, 7) is 4.69. The van der Waals surface area contributed by atoms with Gasteiger partial charge in [0.2, 0.25) is 0 Å². The first-order chi connectivity index (χ1) is 8.74. The van der Waals surface area contributed by atoms with Crippen molar-refractivity contribution < 1.29 is 9.84 Å². The lowest BCUT2D eigenvalue weighted by atomic mass is 10.1. The van der Waals surface area contributed by atoms with E-state index in [1.165, 1.54) is 25.7 Å². The van der Waals surface area contributed by atoms with Crippen molar-refractivity contribution in [3.63, 3.8) is 0 Å². The van der Waals surface area contributed by atoms with Crippen molar-refractivity contribution in [2.24, 2.45) is 0 Å². The molecule has 0 fully saturated rings. The van der Waals surface area contributed by atoms with Gasteiger partial charge < -0.3 is 9.84 Å². The van der Waals surface area contributed by atoms with Crippen LogP contribution in [0, 0.1) is 0 Å². The highest BCUT2D eigenvalue weighted by molar-refractivity contribution is 5.17. The highest BCUT2D eigenvalue weighted by Crippen LogP contribution is 2.14. The van der Waals surface area contributed by atoms with Gasteiger partial charge in [0.05, 0.1) is 12.7 Å². The molecule has 0 aliphatic rings. The normalized spacial score (nSPS) is 14.4. The summed E-state index contributed by atoms with van der Waals surface area (Å²) in [6, 6.07) is 9.69. The first-order valence-electron chi connectivity index (χ1n) is 7.08. The number of benzene rings is 1. The fourth-order valence-corrected chi connectivity index (χ4v) is 1.97. The summed E-state index contributed by atoms with van der Waals surface area (Å²) in [4.78, 5) is 0. The molecule has 0 amide bonds. The lowest BCUT2D eigenvalue weighted by Gasteiger charge is -2.16. The molecule has 0 heterocycles. The van der Waals surface area contributed by atoms with Crippen molar-refractivity contribution in [3.8, 4) is 0 Å². The predicted octanol–water partition coefficient (Wildman–Crippen LogP) is 4.10. The monoisotopic (exact) mass is 250 g/mol. The zero-order valence-electron chi connectivity index (χ0n) is 11.6. The van der Waals surface area contributed by atoms with E-state index in [9.17, 15) is 5.11 Å². The number of aliphatic hydroxyl groups is 1. The molecule has 2 unspecified atom stereocenters. The number of rotatable bonds is 9. The van der Waals surface area contributed by atoms with Crippen molar-refractivity contribution in [2.75, 3.05) is 6.61 Å². The third kappa shape index (κ3) is 6.18. The van der Waals surface area contributed by atoms with E-state index >= 15 is 0 Å². The molecule has 2 heteroatoms. The highest BCUT2D eigenvalue weighted by Gasteiger charge is 2.09. The van der Waals surface area contributed by atoms with E-state index in [4.69, 9.17) is 4.74 Å². The standard InChI is InChI=1S/C16H26O2/c1-3-4-5-7-10-14(2)18-13-16(17)15-11-8-6-9-12-15/h6,8-9,11-12,14,16-17H,3-5,7,10,13H2,1-2H3. The van der Waals surface area contributed by atoms with Crippen LogP contribution in [-0.4, -0.2) is 17.8 Å². The van der Waals surface area contributed by atoms with Crippen molar-refractivity contribution in [1.29, 1.82) is 0 Å². The summed E-state index contributed by atoms with van der Waals surface area (Å²) in [5.41, 5.74) is 0.927. The van der Waals surface area contributed by atoms with Crippen LogP contribution in [0.2, 0.25) is 0 Å². The van der Waals surface area contributed by atoms with E-state index in [-0.39, 0.29) is 6.10 Å². The number of aliphatic hydroxyl groups excluding tert-OH is 1. The minimum absolute atomic E-state index is 0.236. The maximum Gasteiger partial charge on any atom is 0.102 e. The van der Waals surface area contributed by atoms with Gasteiger partial charge in [0.25, 0.3) is 0 Å². The van der Waals surface area contributed by atoms with Gasteiger partial charge in [-0.1, -0.05) is 62.9 Å². The second-order valence-electron chi connectivity index (χ2n) is 4.92. The average molecular weight is 250 g/mol. The molecule has 2 atom stereocenters. The van der Waals surface area contributed by atoms with Gasteiger partial charge in [-0.3, -0.25) is 0 Å². The van der Waals surface area contributed by atoms with Crippen LogP contribution >= 0.6 is 0 Å². The Morgan fingerprint density at radius 2 is 1.83 bits per heavy atom. The van der Waals surface area contributed by atoms with Gasteiger partial charge in [-0.2, -0.15) is 0 Å². The molecule has 2 nitrogen and oxygen atoms in total. The zero-order chi connectivity index (χ0) is 13.2. The van der Waals surface area contributed by atoms with E-state index in [0.29, 0.717) is 6.61 Å². The van der Waals surface area contributed by atoms with E-state index < -0.39 is 6.10 Å². The van der Waals surface area contributed by atoms with Gasteiger partial charge in [-0.05, 0) is 18.9 Å². The van der Waals surface area contributed by atoms with Crippen LogP contribution in [0.3, 0.4) is 0 Å². The SMILES string of the molecule is CCCCCCC(C)OCC(O)c1ccccc1. The Balaban J connectivity index is 2.16. The molecule has 1 N–H and O–H groups in total. The Hall–Kier alpha value is -0.860. The van der Waals surface area contributed by atoms with Crippen molar-refractivity contribution >= 4 is 0 Å². The smallest absolute Gasteiger partial charge is 0.102 e. The molecule has 1 aromatic carbocycles. The lowest BCUT2D eigenvalue weighted by Crippen LogP contribution is -2.14. The van der Waals surface area contributed by atoms with Crippen LogP contribution in [0.25, 0.3) is 0 Å². The van der Waals surface area contributed by atoms with Gasteiger partial charge >= 0.3 is 0 Å². The fourth-order valence-electron chi connectivity index (χ4n) is 1.97. The second kappa shape index (κ2) is 9.12. The molecule has 1 rings (SSSR count). The van der Waals surface area contributed by atoms with Crippen LogP contribution in [-0.2, 0) is 4.74 Å². The van der Waals surface area contributed by atoms with Crippen LogP contribution in [0.1, 0.15) is 57.6 Å². The molecule has 1 aromatic rings. The Morgan fingerprint density at radius 3 is 2.50 bits per heavy atom. The van der Waals surface area contributed by atoms with E-state index in [1.54, 1.807) is 0 Å². The van der Waals surface area contributed by atoms with E-state index in [2.05, 4.69) is 13.8 Å². The Labute approximate surface area is 111 Å².